The van der Waals surface area contributed by atoms with Gasteiger partial charge in [0, 0.05) is 25.8 Å². The van der Waals surface area contributed by atoms with Crippen LogP contribution in [-0.4, -0.2) is 57.7 Å². The summed E-state index contributed by atoms with van der Waals surface area (Å²) in [5, 5.41) is 21.7. The maximum atomic E-state index is 13.9. The zero-order valence-electron chi connectivity index (χ0n) is 20.6. The van der Waals surface area contributed by atoms with Crippen LogP contribution in [0.1, 0.15) is 29.8 Å². The van der Waals surface area contributed by atoms with E-state index in [-0.39, 0.29) is 11.4 Å². The van der Waals surface area contributed by atoms with Crippen molar-refractivity contribution in [3.63, 3.8) is 0 Å². The summed E-state index contributed by atoms with van der Waals surface area (Å²) in [5.41, 5.74) is 1.79. The molecule has 0 atom stereocenters. The lowest BCUT2D eigenvalue weighted by Crippen LogP contribution is -2.18. The van der Waals surface area contributed by atoms with Crippen LogP contribution in [0.2, 0.25) is 0 Å². The molecular weight excluding hydrogens is 510 g/mol. The van der Waals surface area contributed by atoms with Crippen LogP contribution in [0.4, 0.5) is 23.4 Å². The smallest absolute Gasteiger partial charge is 0.406 e. The first kappa shape index (κ1) is 28.5. The Morgan fingerprint density at radius 3 is 2.66 bits per heavy atom. The predicted octanol–water partition coefficient (Wildman–Crippen LogP) is 3.52. The molecule has 0 radical (unpaired) electrons. The third-order valence-electron chi connectivity index (χ3n) is 5.15. The number of methoxy groups -OCH3 is 1. The second-order valence-electron chi connectivity index (χ2n) is 8.16. The first-order valence-electron chi connectivity index (χ1n) is 11.6. The number of hydrogen-bond acceptors (Lipinski definition) is 8. The Balaban J connectivity index is 1.41. The Morgan fingerprint density at radius 1 is 1.13 bits per heavy atom. The quantitative estimate of drug-likeness (QED) is 0.237. The summed E-state index contributed by atoms with van der Waals surface area (Å²) in [7, 11) is 1.62. The van der Waals surface area contributed by atoms with E-state index < -0.39 is 30.3 Å². The van der Waals surface area contributed by atoms with Gasteiger partial charge in [0.2, 0.25) is 5.91 Å². The van der Waals surface area contributed by atoms with Gasteiger partial charge in [-0.3, -0.25) is 9.48 Å². The van der Waals surface area contributed by atoms with Crippen LogP contribution in [0.5, 0.6) is 5.75 Å². The van der Waals surface area contributed by atoms with Crippen molar-refractivity contribution in [2.75, 3.05) is 25.6 Å². The Bertz CT molecular complexity index is 1220. The highest BCUT2D eigenvalue weighted by atomic mass is 19.4. The lowest BCUT2D eigenvalue weighted by molar-refractivity contribution is -0.274. The molecule has 2 heterocycles. The molecule has 2 aromatic heterocycles. The molecule has 1 amide bonds. The second-order valence-corrected chi connectivity index (χ2v) is 8.16. The molecule has 38 heavy (non-hydrogen) atoms. The Hall–Kier alpha value is -4.07. The number of carbonyl (C=O) groups excluding carboxylic acids is 1. The van der Waals surface area contributed by atoms with Crippen LogP contribution in [-0.2, 0) is 28.9 Å². The summed E-state index contributed by atoms with van der Waals surface area (Å²) in [5.74, 6) is -1.98. The molecule has 0 aliphatic carbocycles. The summed E-state index contributed by atoms with van der Waals surface area (Å²) in [6.07, 6.45) is -1.36. The Kier molecular flexibility index (Phi) is 10.1. The van der Waals surface area contributed by atoms with Crippen molar-refractivity contribution in [3.05, 3.63) is 65.9 Å². The van der Waals surface area contributed by atoms with E-state index >= 15 is 0 Å². The van der Waals surface area contributed by atoms with Crippen molar-refractivity contribution in [1.29, 1.82) is 0 Å². The molecule has 204 valence electrons. The van der Waals surface area contributed by atoms with E-state index in [2.05, 4.69) is 42.5 Å². The number of unbranched alkanes of at least 4 members (excludes halogenated alkanes) is 1. The van der Waals surface area contributed by atoms with E-state index in [1.165, 1.54) is 0 Å². The van der Waals surface area contributed by atoms with Gasteiger partial charge in [0.15, 0.2) is 5.82 Å². The molecule has 3 aromatic rings. The Labute approximate surface area is 216 Å². The van der Waals surface area contributed by atoms with Gasteiger partial charge in [-0.05, 0) is 49.6 Å². The van der Waals surface area contributed by atoms with E-state index in [9.17, 15) is 22.4 Å². The number of anilines is 1. The minimum absolute atomic E-state index is 0.135. The number of alkyl halides is 3. The van der Waals surface area contributed by atoms with E-state index in [0.717, 1.165) is 31.0 Å². The molecule has 0 spiro atoms. The van der Waals surface area contributed by atoms with Crippen LogP contribution in [0.3, 0.4) is 0 Å². The van der Waals surface area contributed by atoms with Crippen LogP contribution >= 0.6 is 0 Å². The van der Waals surface area contributed by atoms with Crippen molar-refractivity contribution >= 4 is 17.4 Å². The molecule has 2 N–H and O–H groups in total. The lowest BCUT2D eigenvalue weighted by Gasteiger charge is -2.11. The number of rotatable bonds is 14. The molecule has 0 saturated carbocycles. The highest BCUT2D eigenvalue weighted by molar-refractivity contribution is 5.91. The number of nitrogens with zero attached hydrogens (tertiary/aromatic N) is 5. The number of halogens is 4. The zero-order valence-corrected chi connectivity index (χ0v) is 20.6. The fourth-order valence-electron chi connectivity index (χ4n) is 3.32. The minimum atomic E-state index is -4.92. The maximum Gasteiger partial charge on any atom is 0.573 e. The van der Waals surface area contributed by atoms with Gasteiger partial charge < -0.3 is 20.1 Å². The Morgan fingerprint density at radius 2 is 1.95 bits per heavy atom. The average molecular weight is 538 g/mol. The molecule has 0 aliphatic rings. The van der Waals surface area contributed by atoms with E-state index in [4.69, 9.17) is 4.74 Å². The number of amides is 1. The molecule has 14 heteroatoms. The topological polar surface area (TPSA) is 116 Å². The third kappa shape index (κ3) is 9.42. The molecule has 1 aromatic carbocycles. The van der Waals surface area contributed by atoms with Crippen molar-refractivity contribution < 1.29 is 31.8 Å². The van der Waals surface area contributed by atoms with Crippen LogP contribution < -0.4 is 15.4 Å². The van der Waals surface area contributed by atoms with Gasteiger partial charge in [-0.25, -0.2) is 4.39 Å². The normalized spacial score (nSPS) is 11.3. The fraction of sp³-hybridized carbons (Fsp3) is 0.375. The molecule has 0 bridgehead atoms. The number of ether oxygens (including phenoxy) is 2. The molecule has 0 unspecified atom stereocenters. The maximum absolute atomic E-state index is 13.9. The third-order valence-corrected chi connectivity index (χ3v) is 5.15. The van der Waals surface area contributed by atoms with Gasteiger partial charge >= 0.3 is 6.36 Å². The number of aromatic nitrogens is 5. The van der Waals surface area contributed by atoms with E-state index in [1.807, 2.05) is 6.20 Å². The summed E-state index contributed by atoms with van der Waals surface area (Å²) in [6, 6.07) is 5.71. The highest BCUT2D eigenvalue weighted by Crippen LogP contribution is 2.25. The first-order chi connectivity index (χ1) is 18.1. The van der Waals surface area contributed by atoms with Crippen molar-refractivity contribution in [3.8, 4) is 5.75 Å². The largest absolute Gasteiger partial charge is 0.573 e. The summed E-state index contributed by atoms with van der Waals surface area (Å²) >= 11 is 0. The average Bonchev–Trinajstić information content (AvgIpc) is 3.33. The molecular formula is C24H27F4N7O3. The molecule has 0 aliphatic heterocycles. The summed E-state index contributed by atoms with van der Waals surface area (Å²) in [6.45, 7) is 5.77. The minimum Gasteiger partial charge on any atom is -0.406 e. The van der Waals surface area contributed by atoms with Crippen molar-refractivity contribution in [1.82, 2.24) is 30.5 Å². The van der Waals surface area contributed by atoms with Crippen LogP contribution in [0.25, 0.3) is 5.70 Å². The summed E-state index contributed by atoms with van der Waals surface area (Å²) in [4.78, 5) is 12.2. The molecule has 3 rings (SSSR count). The van der Waals surface area contributed by atoms with E-state index in [0.29, 0.717) is 43.2 Å². The number of carbonyl (C=O) groups is 1. The standard InChI is InChI=1S/C24H27F4N7O3/c1-16(29-10-12-37-2)21-15-35(34-32-21)11-4-3-5-18-6-9-22(33-31-18)30-23(36)14-17-13-19(7-8-20(17)25)38-24(26,27)28/h6-9,13,15,29H,1,3-5,10-12,14H2,2H3,(H,30,33,36). The predicted molar refractivity (Wildman–Crippen MR) is 129 cm³/mol. The number of hydrogen-bond donors (Lipinski definition) is 2. The number of aryl methyl sites for hydroxylation is 2. The first-order valence-corrected chi connectivity index (χ1v) is 11.6. The van der Waals surface area contributed by atoms with Gasteiger partial charge in [0.1, 0.15) is 17.3 Å². The van der Waals surface area contributed by atoms with Crippen LogP contribution in [0.15, 0.2) is 43.1 Å². The SMILES string of the molecule is C=C(NCCOC)c1cn(CCCCc2ccc(NC(=O)Cc3cc(OC(F)(F)F)ccc3F)nn2)nn1. The van der Waals surface area contributed by atoms with Crippen molar-refractivity contribution in [2.45, 2.75) is 38.6 Å². The van der Waals surface area contributed by atoms with Crippen molar-refractivity contribution in [2.24, 2.45) is 0 Å². The van der Waals surface area contributed by atoms with Gasteiger partial charge in [0.05, 0.1) is 30.6 Å². The van der Waals surface area contributed by atoms with Gasteiger partial charge in [-0.2, -0.15) is 5.10 Å². The number of nitrogens with one attached hydrogen (secondary N) is 2. The highest BCUT2D eigenvalue weighted by Gasteiger charge is 2.31. The van der Waals surface area contributed by atoms with Crippen LogP contribution in [0, 0.1) is 5.82 Å². The molecule has 0 saturated heterocycles. The van der Waals surface area contributed by atoms with Gasteiger partial charge in [0.25, 0.3) is 0 Å². The summed E-state index contributed by atoms with van der Waals surface area (Å²) < 4.78 is 61.6. The molecule has 10 nitrogen and oxygen atoms in total. The second kappa shape index (κ2) is 13.5. The van der Waals surface area contributed by atoms with Gasteiger partial charge in [-0.1, -0.05) is 11.8 Å². The molecule has 0 fully saturated rings. The number of benzene rings is 1. The lowest BCUT2D eigenvalue weighted by atomic mass is 10.1. The monoisotopic (exact) mass is 537 g/mol. The zero-order chi connectivity index (χ0) is 27.5. The fourth-order valence-corrected chi connectivity index (χ4v) is 3.32. The van der Waals surface area contributed by atoms with Gasteiger partial charge in [-0.15, -0.1) is 23.4 Å². The van der Waals surface area contributed by atoms with E-state index in [1.54, 1.807) is 23.9 Å².